The summed E-state index contributed by atoms with van der Waals surface area (Å²) in [6.07, 6.45) is 3.22. The third-order valence-corrected chi connectivity index (χ3v) is 4.33. The Labute approximate surface area is 141 Å². The fourth-order valence-corrected chi connectivity index (χ4v) is 2.93. The van der Waals surface area contributed by atoms with Gasteiger partial charge in [-0.1, -0.05) is 11.3 Å². The lowest BCUT2D eigenvalue weighted by Crippen LogP contribution is -2.09. The predicted octanol–water partition coefficient (Wildman–Crippen LogP) is 2.60. The van der Waals surface area contributed by atoms with Gasteiger partial charge in [0.2, 0.25) is 6.79 Å². The fraction of sp³-hybridized carbons (Fsp3) is 0.133. The summed E-state index contributed by atoms with van der Waals surface area (Å²) in [6.45, 7) is 0.199. The number of amides is 1. The molecule has 0 bridgehead atoms. The maximum Gasteiger partial charge on any atom is 0.267 e. The van der Waals surface area contributed by atoms with E-state index in [4.69, 9.17) is 9.47 Å². The molecule has 0 atom stereocenters. The van der Waals surface area contributed by atoms with Gasteiger partial charge >= 0.3 is 0 Å². The number of aromatic nitrogens is 3. The van der Waals surface area contributed by atoms with Crippen molar-refractivity contribution >= 4 is 33.9 Å². The van der Waals surface area contributed by atoms with Gasteiger partial charge in [-0.15, -0.1) is 0 Å². The van der Waals surface area contributed by atoms with Gasteiger partial charge in [-0.05, 0) is 12.1 Å². The average Bonchev–Trinajstić information content (AvgIpc) is 3.29. The molecule has 24 heavy (non-hydrogen) atoms. The Balaban J connectivity index is 1.46. The number of nitrogens with zero attached hydrogens (tertiary/aromatic N) is 3. The Kier molecular flexibility index (Phi) is 3.54. The van der Waals surface area contributed by atoms with Gasteiger partial charge < -0.3 is 20.1 Å². The Morgan fingerprint density at radius 3 is 3.00 bits per heavy atom. The van der Waals surface area contributed by atoms with Crippen LogP contribution in [-0.4, -0.2) is 27.5 Å². The molecule has 2 N–H and O–H groups in total. The highest BCUT2D eigenvalue weighted by atomic mass is 32.1. The largest absolute Gasteiger partial charge is 0.454 e. The van der Waals surface area contributed by atoms with E-state index in [0.29, 0.717) is 27.2 Å². The molecule has 0 unspecified atom stereocenters. The third-order valence-electron chi connectivity index (χ3n) is 3.42. The number of carbonyl (C=O) groups is 1. The molecule has 0 fully saturated rings. The predicted molar refractivity (Wildman–Crippen MR) is 89.1 cm³/mol. The zero-order chi connectivity index (χ0) is 16.5. The second-order valence-electron chi connectivity index (χ2n) is 5.02. The van der Waals surface area contributed by atoms with E-state index >= 15 is 0 Å². The van der Waals surface area contributed by atoms with Crippen molar-refractivity contribution in [3.63, 3.8) is 0 Å². The summed E-state index contributed by atoms with van der Waals surface area (Å²) in [6, 6.07) is 7.09. The summed E-state index contributed by atoms with van der Waals surface area (Å²) in [7, 11) is 1.82. The van der Waals surface area contributed by atoms with Crippen LogP contribution in [0.4, 0.5) is 16.6 Å². The van der Waals surface area contributed by atoms with E-state index in [-0.39, 0.29) is 12.7 Å². The number of nitrogens with one attached hydrogen (secondary N) is 2. The molecule has 2 aromatic heterocycles. The van der Waals surface area contributed by atoms with Crippen LogP contribution in [0.3, 0.4) is 0 Å². The van der Waals surface area contributed by atoms with Gasteiger partial charge in [-0.25, -0.2) is 4.98 Å². The quantitative estimate of drug-likeness (QED) is 0.757. The number of anilines is 3. The molecular formula is C15H13N5O3S. The summed E-state index contributed by atoms with van der Waals surface area (Å²) in [4.78, 5) is 17.0. The minimum atomic E-state index is -0.232. The molecule has 1 aromatic carbocycles. The van der Waals surface area contributed by atoms with E-state index < -0.39 is 0 Å². The lowest BCUT2D eigenvalue weighted by Gasteiger charge is -2.04. The minimum Gasteiger partial charge on any atom is -0.454 e. The van der Waals surface area contributed by atoms with Gasteiger partial charge in [0.1, 0.15) is 10.7 Å². The summed E-state index contributed by atoms with van der Waals surface area (Å²) < 4.78 is 12.2. The molecule has 1 aliphatic heterocycles. The molecular weight excluding hydrogens is 330 g/mol. The third kappa shape index (κ3) is 2.76. The lowest BCUT2D eigenvalue weighted by atomic mass is 10.2. The van der Waals surface area contributed by atoms with Crippen molar-refractivity contribution in [3.05, 3.63) is 41.5 Å². The van der Waals surface area contributed by atoms with Crippen molar-refractivity contribution < 1.29 is 14.3 Å². The number of rotatable bonds is 4. The Morgan fingerprint density at radius 1 is 1.29 bits per heavy atom. The van der Waals surface area contributed by atoms with Crippen LogP contribution in [0.5, 0.6) is 11.5 Å². The first-order valence-electron chi connectivity index (χ1n) is 7.11. The lowest BCUT2D eigenvalue weighted by molar-refractivity contribution is 0.103. The zero-order valence-electron chi connectivity index (χ0n) is 12.6. The molecule has 0 saturated heterocycles. The molecule has 3 aromatic rings. The van der Waals surface area contributed by atoms with Crippen molar-refractivity contribution in [2.75, 3.05) is 17.4 Å². The van der Waals surface area contributed by atoms with Crippen molar-refractivity contribution in [3.8, 4) is 11.5 Å². The van der Waals surface area contributed by atoms with Crippen molar-refractivity contribution in [2.45, 2.75) is 0 Å². The minimum absolute atomic E-state index is 0.199. The number of aryl methyl sites for hydroxylation is 1. The van der Waals surface area contributed by atoms with Crippen LogP contribution in [0, 0.1) is 0 Å². The van der Waals surface area contributed by atoms with Crippen molar-refractivity contribution in [1.29, 1.82) is 0 Å². The smallest absolute Gasteiger partial charge is 0.267 e. The second-order valence-corrected chi connectivity index (χ2v) is 6.05. The highest BCUT2D eigenvalue weighted by molar-refractivity contribution is 7.17. The topological polar surface area (TPSA) is 90.3 Å². The summed E-state index contributed by atoms with van der Waals surface area (Å²) in [5.74, 6) is 1.86. The number of thiazole rings is 1. The number of ether oxygens (including phenoxy) is 2. The monoisotopic (exact) mass is 343 g/mol. The highest BCUT2D eigenvalue weighted by Gasteiger charge is 2.16. The maximum absolute atomic E-state index is 12.3. The summed E-state index contributed by atoms with van der Waals surface area (Å²) in [5.41, 5.74) is 0.638. The van der Waals surface area contributed by atoms with E-state index in [1.165, 1.54) is 17.5 Å². The molecule has 122 valence electrons. The number of hydrogen-bond acceptors (Lipinski definition) is 7. The zero-order valence-corrected chi connectivity index (χ0v) is 13.5. The van der Waals surface area contributed by atoms with E-state index in [2.05, 4.69) is 20.7 Å². The normalized spacial score (nSPS) is 12.2. The first-order chi connectivity index (χ1) is 11.7. The van der Waals surface area contributed by atoms with Crippen LogP contribution >= 0.6 is 11.3 Å². The average molecular weight is 343 g/mol. The highest BCUT2D eigenvalue weighted by Crippen LogP contribution is 2.34. The Bertz CT molecular complexity index is 904. The van der Waals surface area contributed by atoms with Crippen LogP contribution < -0.4 is 20.1 Å². The Hall–Kier alpha value is -3.07. The molecule has 3 heterocycles. The van der Waals surface area contributed by atoms with Crippen LogP contribution in [0.2, 0.25) is 0 Å². The fourth-order valence-electron chi connectivity index (χ4n) is 2.21. The first kappa shape index (κ1) is 14.5. The molecule has 0 aliphatic carbocycles. The van der Waals surface area contributed by atoms with Crippen molar-refractivity contribution in [1.82, 2.24) is 14.8 Å². The molecule has 0 spiro atoms. The van der Waals surface area contributed by atoms with Crippen LogP contribution in [-0.2, 0) is 7.05 Å². The van der Waals surface area contributed by atoms with E-state index in [0.717, 1.165) is 5.82 Å². The summed E-state index contributed by atoms with van der Waals surface area (Å²) in [5, 5.41) is 10.6. The van der Waals surface area contributed by atoms with E-state index in [1.807, 2.05) is 13.1 Å². The molecule has 1 aliphatic rings. The van der Waals surface area contributed by atoms with Crippen LogP contribution in [0.1, 0.15) is 9.67 Å². The number of fused-ring (bicyclic) bond motifs is 1. The molecule has 1 amide bonds. The van der Waals surface area contributed by atoms with Gasteiger partial charge in [0.15, 0.2) is 16.6 Å². The van der Waals surface area contributed by atoms with Gasteiger partial charge in [0.25, 0.3) is 5.91 Å². The number of benzene rings is 1. The number of hydrogen-bond donors (Lipinski definition) is 2. The van der Waals surface area contributed by atoms with Gasteiger partial charge in [-0.2, -0.15) is 5.10 Å². The molecule has 0 radical (unpaired) electrons. The van der Waals surface area contributed by atoms with Gasteiger partial charge in [0.05, 0.1) is 12.4 Å². The molecule has 9 heteroatoms. The van der Waals surface area contributed by atoms with Crippen LogP contribution in [0.15, 0.2) is 36.7 Å². The molecule has 0 saturated carbocycles. The number of carbonyl (C=O) groups excluding carboxylic acids is 1. The van der Waals surface area contributed by atoms with Gasteiger partial charge in [-0.3, -0.25) is 9.48 Å². The standard InChI is InChI=1S/C15H13N5O3S/c1-20-13(4-5-17-20)19-15-16-7-12(24-15)14(21)18-9-2-3-10-11(6-9)23-8-22-10/h2-7H,8H2,1H3,(H,16,19)(H,18,21). The molecule has 4 rings (SSSR count). The first-order valence-corrected chi connectivity index (χ1v) is 7.92. The van der Waals surface area contributed by atoms with E-state index in [9.17, 15) is 4.79 Å². The Morgan fingerprint density at radius 2 is 2.17 bits per heavy atom. The SMILES string of the molecule is Cn1nccc1Nc1ncc(C(=O)Nc2ccc3c(c2)OCO3)s1. The summed E-state index contributed by atoms with van der Waals surface area (Å²) >= 11 is 1.26. The molecule has 8 nitrogen and oxygen atoms in total. The van der Waals surface area contributed by atoms with Gasteiger partial charge in [0, 0.05) is 24.9 Å². The van der Waals surface area contributed by atoms with Crippen LogP contribution in [0.25, 0.3) is 0 Å². The maximum atomic E-state index is 12.3. The van der Waals surface area contributed by atoms with Crippen molar-refractivity contribution in [2.24, 2.45) is 7.05 Å². The second kappa shape index (κ2) is 5.85. The van der Waals surface area contributed by atoms with E-state index in [1.54, 1.807) is 29.1 Å².